The molecule has 0 radical (unpaired) electrons. The van der Waals surface area contributed by atoms with Crippen LogP contribution in [0.25, 0.3) is 0 Å². The highest BCUT2D eigenvalue weighted by molar-refractivity contribution is 5.94. The van der Waals surface area contributed by atoms with E-state index in [-0.39, 0.29) is 11.8 Å². The van der Waals surface area contributed by atoms with E-state index in [1.54, 1.807) is 12.1 Å². The van der Waals surface area contributed by atoms with Gasteiger partial charge in [0.1, 0.15) is 11.5 Å². The van der Waals surface area contributed by atoms with E-state index >= 15 is 0 Å². The van der Waals surface area contributed by atoms with Gasteiger partial charge >= 0.3 is 0 Å². The van der Waals surface area contributed by atoms with Crippen molar-refractivity contribution in [1.29, 1.82) is 0 Å². The van der Waals surface area contributed by atoms with E-state index in [4.69, 9.17) is 9.47 Å². The second-order valence-electron chi connectivity index (χ2n) is 7.25. The van der Waals surface area contributed by atoms with E-state index in [0.717, 1.165) is 17.9 Å². The van der Waals surface area contributed by atoms with Gasteiger partial charge < -0.3 is 19.3 Å². The third-order valence-corrected chi connectivity index (χ3v) is 5.10. The molecule has 0 N–H and O–H groups in total. The molecule has 1 heterocycles. The van der Waals surface area contributed by atoms with Gasteiger partial charge in [-0.05, 0) is 56.2 Å². The molecule has 1 saturated heterocycles. The Morgan fingerprint density at radius 3 is 2.23 bits per heavy atom. The molecule has 0 aromatic heterocycles. The quantitative estimate of drug-likeness (QED) is 0.624. The van der Waals surface area contributed by atoms with Crippen molar-refractivity contribution in [2.24, 2.45) is 0 Å². The Hall–Kier alpha value is -3.02. The zero-order valence-corrected chi connectivity index (χ0v) is 17.6. The molecule has 0 saturated carbocycles. The summed E-state index contributed by atoms with van der Waals surface area (Å²) in [6, 6.07) is 16.9. The van der Waals surface area contributed by atoms with Crippen LogP contribution >= 0.6 is 0 Å². The molecule has 3 rings (SSSR count). The lowest BCUT2D eigenvalue weighted by Crippen LogP contribution is -2.37. The van der Waals surface area contributed by atoms with Crippen molar-refractivity contribution in [2.75, 3.05) is 39.4 Å². The molecule has 1 aliphatic rings. The second-order valence-corrected chi connectivity index (χ2v) is 7.25. The zero-order chi connectivity index (χ0) is 21.2. The predicted octanol–water partition coefficient (Wildman–Crippen LogP) is 3.62. The number of carbonyl (C=O) groups is 2. The van der Waals surface area contributed by atoms with Gasteiger partial charge in [-0.15, -0.1) is 0 Å². The molecule has 30 heavy (non-hydrogen) atoms. The van der Waals surface area contributed by atoms with Crippen LogP contribution in [0.5, 0.6) is 11.5 Å². The van der Waals surface area contributed by atoms with Gasteiger partial charge in [0.25, 0.3) is 5.91 Å². The van der Waals surface area contributed by atoms with Gasteiger partial charge in [0.2, 0.25) is 5.91 Å². The summed E-state index contributed by atoms with van der Waals surface area (Å²) < 4.78 is 11.1. The normalized spacial score (nSPS) is 14.2. The SMILES string of the molecule is CCOc1ccc(C(=O)N2CCCN(C(=O)CCCOc3ccccc3)CC2)cc1. The second kappa shape index (κ2) is 11.2. The van der Waals surface area contributed by atoms with Crippen LogP contribution in [-0.4, -0.2) is 61.0 Å². The Morgan fingerprint density at radius 1 is 0.833 bits per heavy atom. The van der Waals surface area contributed by atoms with Gasteiger partial charge in [0.05, 0.1) is 13.2 Å². The molecule has 1 fully saturated rings. The number of nitrogens with zero attached hydrogens (tertiary/aromatic N) is 2. The van der Waals surface area contributed by atoms with Gasteiger partial charge in [0.15, 0.2) is 0 Å². The van der Waals surface area contributed by atoms with E-state index in [0.29, 0.717) is 57.8 Å². The minimum atomic E-state index is 0.00334. The third-order valence-electron chi connectivity index (χ3n) is 5.10. The summed E-state index contributed by atoms with van der Waals surface area (Å²) in [6.45, 7) is 5.52. The first kappa shape index (κ1) is 21.7. The molecule has 2 aromatic carbocycles. The number of hydrogen-bond acceptors (Lipinski definition) is 4. The van der Waals surface area contributed by atoms with E-state index < -0.39 is 0 Å². The zero-order valence-electron chi connectivity index (χ0n) is 17.6. The average Bonchev–Trinajstić information content (AvgIpc) is 3.04. The summed E-state index contributed by atoms with van der Waals surface area (Å²) in [6.07, 6.45) is 1.92. The van der Waals surface area contributed by atoms with Crippen LogP contribution in [0, 0.1) is 0 Å². The first-order valence-corrected chi connectivity index (χ1v) is 10.6. The maximum absolute atomic E-state index is 12.8. The monoisotopic (exact) mass is 410 g/mol. The van der Waals surface area contributed by atoms with Crippen molar-refractivity contribution in [2.45, 2.75) is 26.2 Å². The minimum absolute atomic E-state index is 0.00334. The predicted molar refractivity (Wildman–Crippen MR) is 116 cm³/mol. The standard InChI is InChI=1S/C24H30N2O4/c1-2-29-22-13-11-20(12-14-22)24(28)26-16-7-15-25(17-18-26)23(27)10-6-19-30-21-8-4-3-5-9-21/h3-5,8-9,11-14H,2,6-7,10,15-19H2,1H3. The molecule has 0 unspecified atom stereocenters. The van der Waals surface area contributed by atoms with E-state index in [2.05, 4.69) is 0 Å². The van der Waals surface area contributed by atoms with Crippen molar-refractivity contribution < 1.29 is 19.1 Å². The fourth-order valence-corrected chi connectivity index (χ4v) is 3.50. The van der Waals surface area contributed by atoms with Gasteiger partial charge in [-0.2, -0.15) is 0 Å². The fourth-order valence-electron chi connectivity index (χ4n) is 3.50. The van der Waals surface area contributed by atoms with Crippen LogP contribution < -0.4 is 9.47 Å². The summed E-state index contributed by atoms with van der Waals surface area (Å²) in [5.74, 6) is 1.71. The highest BCUT2D eigenvalue weighted by Crippen LogP contribution is 2.15. The molecule has 0 bridgehead atoms. The van der Waals surface area contributed by atoms with Gasteiger partial charge in [-0.3, -0.25) is 9.59 Å². The molecular formula is C24H30N2O4. The molecule has 2 aromatic rings. The number of carbonyl (C=O) groups excluding carboxylic acids is 2. The Labute approximate surface area is 178 Å². The summed E-state index contributed by atoms with van der Waals surface area (Å²) in [4.78, 5) is 29.1. The molecule has 6 heteroatoms. The van der Waals surface area contributed by atoms with E-state index in [1.807, 2.05) is 59.2 Å². The highest BCUT2D eigenvalue weighted by atomic mass is 16.5. The van der Waals surface area contributed by atoms with Crippen molar-refractivity contribution in [1.82, 2.24) is 9.80 Å². The largest absolute Gasteiger partial charge is 0.494 e. The Kier molecular flexibility index (Phi) is 8.12. The smallest absolute Gasteiger partial charge is 0.253 e. The van der Waals surface area contributed by atoms with Crippen molar-refractivity contribution >= 4 is 11.8 Å². The number of ether oxygens (including phenoxy) is 2. The van der Waals surface area contributed by atoms with Crippen LogP contribution in [0.2, 0.25) is 0 Å². The van der Waals surface area contributed by atoms with Crippen LogP contribution in [0.1, 0.15) is 36.5 Å². The maximum atomic E-state index is 12.8. The number of amides is 2. The Balaban J connectivity index is 1.43. The number of hydrogen-bond donors (Lipinski definition) is 0. The first-order chi connectivity index (χ1) is 14.7. The topological polar surface area (TPSA) is 59.1 Å². The first-order valence-electron chi connectivity index (χ1n) is 10.6. The van der Waals surface area contributed by atoms with Crippen LogP contribution in [0.15, 0.2) is 54.6 Å². The van der Waals surface area contributed by atoms with Crippen molar-refractivity contribution in [3.8, 4) is 11.5 Å². The van der Waals surface area contributed by atoms with E-state index in [9.17, 15) is 9.59 Å². The van der Waals surface area contributed by atoms with Crippen LogP contribution in [0.3, 0.4) is 0 Å². The minimum Gasteiger partial charge on any atom is -0.494 e. The lowest BCUT2D eigenvalue weighted by molar-refractivity contribution is -0.131. The van der Waals surface area contributed by atoms with Gasteiger partial charge in [-0.1, -0.05) is 18.2 Å². The maximum Gasteiger partial charge on any atom is 0.253 e. The molecule has 1 aliphatic heterocycles. The molecular weight excluding hydrogens is 380 g/mol. The van der Waals surface area contributed by atoms with Gasteiger partial charge in [0, 0.05) is 38.2 Å². The average molecular weight is 411 g/mol. The van der Waals surface area contributed by atoms with Crippen molar-refractivity contribution in [3.05, 3.63) is 60.2 Å². The highest BCUT2D eigenvalue weighted by Gasteiger charge is 2.22. The number of rotatable bonds is 8. The Morgan fingerprint density at radius 2 is 1.50 bits per heavy atom. The molecule has 160 valence electrons. The molecule has 0 atom stereocenters. The summed E-state index contributed by atoms with van der Waals surface area (Å²) in [7, 11) is 0. The third kappa shape index (κ3) is 6.24. The van der Waals surface area contributed by atoms with Crippen LogP contribution in [-0.2, 0) is 4.79 Å². The molecule has 0 aliphatic carbocycles. The fraction of sp³-hybridized carbons (Fsp3) is 0.417. The lowest BCUT2D eigenvalue weighted by atomic mass is 10.2. The summed E-state index contributed by atoms with van der Waals surface area (Å²) in [5, 5.41) is 0. The van der Waals surface area contributed by atoms with Crippen LogP contribution in [0.4, 0.5) is 0 Å². The summed E-state index contributed by atoms with van der Waals surface area (Å²) >= 11 is 0. The molecule has 0 spiro atoms. The number of benzene rings is 2. The summed E-state index contributed by atoms with van der Waals surface area (Å²) in [5.41, 5.74) is 0.649. The van der Waals surface area contributed by atoms with E-state index in [1.165, 1.54) is 0 Å². The molecule has 2 amide bonds. The lowest BCUT2D eigenvalue weighted by Gasteiger charge is -2.22. The van der Waals surface area contributed by atoms with Crippen molar-refractivity contribution in [3.63, 3.8) is 0 Å². The molecule has 6 nitrogen and oxygen atoms in total. The van der Waals surface area contributed by atoms with Gasteiger partial charge in [-0.25, -0.2) is 0 Å². The Bertz CT molecular complexity index is 808. The number of para-hydroxylation sites is 1.